The predicted molar refractivity (Wildman–Crippen MR) is 41.2 cm³/mol. The molecule has 1 atom stereocenters. The summed E-state index contributed by atoms with van der Waals surface area (Å²) in [5.74, 6) is 0. The maximum absolute atomic E-state index is 5.71. The van der Waals surface area contributed by atoms with Crippen LogP contribution in [0, 0.1) is 0 Å². The Labute approximate surface area is 57.6 Å². The van der Waals surface area contributed by atoms with Gasteiger partial charge in [-0.25, -0.2) is 0 Å². The second kappa shape index (κ2) is 6.05. The van der Waals surface area contributed by atoms with Gasteiger partial charge in [-0.2, -0.15) is 0 Å². The van der Waals surface area contributed by atoms with Crippen LogP contribution in [0.3, 0.4) is 0 Å². The van der Waals surface area contributed by atoms with E-state index in [9.17, 15) is 0 Å². The largest absolute Gasteiger partial charge is 0.330 e. The van der Waals surface area contributed by atoms with E-state index in [0.29, 0.717) is 6.04 Å². The number of nitrogens with two attached hydrogens (primary N) is 2. The van der Waals surface area contributed by atoms with E-state index in [0.717, 1.165) is 25.8 Å². The van der Waals surface area contributed by atoms with E-state index in [1.807, 2.05) is 0 Å². The van der Waals surface area contributed by atoms with Gasteiger partial charge in [0.05, 0.1) is 0 Å². The monoisotopic (exact) mass is 130 g/mol. The van der Waals surface area contributed by atoms with Crippen LogP contribution in [0.15, 0.2) is 0 Å². The lowest BCUT2D eigenvalue weighted by molar-refractivity contribution is 0.543. The Morgan fingerprint density at radius 2 is 2.00 bits per heavy atom. The topological polar surface area (TPSA) is 52.0 Å². The van der Waals surface area contributed by atoms with Gasteiger partial charge in [0.15, 0.2) is 0 Å². The van der Waals surface area contributed by atoms with Gasteiger partial charge in [0.2, 0.25) is 0 Å². The summed E-state index contributed by atoms with van der Waals surface area (Å²) in [4.78, 5) is 0. The van der Waals surface area contributed by atoms with Crippen molar-refractivity contribution < 1.29 is 0 Å². The zero-order valence-corrected chi connectivity index (χ0v) is 6.27. The van der Waals surface area contributed by atoms with Crippen molar-refractivity contribution in [2.45, 2.75) is 38.6 Å². The summed E-state index contributed by atoms with van der Waals surface area (Å²) >= 11 is 0. The smallest absolute Gasteiger partial charge is 0.00391 e. The molecule has 0 rings (SSSR count). The molecule has 0 heterocycles. The first-order valence-electron chi connectivity index (χ1n) is 3.77. The summed E-state index contributed by atoms with van der Waals surface area (Å²) < 4.78 is 0. The van der Waals surface area contributed by atoms with Crippen LogP contribution in [0.4, 0.5) is 0 Å². The first-order valence-corrected chi connectivity index (χ1v) is 3.77. The van der Waals surface area contributed by atoms with Crippen molar-refractivity contribution in [1.29, 1.82) is 0 Å². The number of hydrogen-bond donors (Lipinski definition) is 2. The molecule has 0 bridgehead atoms. The Balaban J connectivity index is 2.95. The molecule has 0 radical (unpaired) electrons. The molecule has 0 aromatic carbocycles. The minimum atomic E-state index is 0.388. The molecule has 0 aliphatic rings. The summed E-state index contributed by atoms with van der Waals surface area (Å²) in [6, 6.07) is 0.388. The van der Waals surface area contributed by atoms with Crippen LogP contribution in [0.2, 0.25) is 0 Å². The molecule has 0 fully saturated rings. The molecule has 0 spiro atoms. The first kappa shape index (κ1) is 8.92. The maximum Gasteiger partial charge on any atom is 0.00391 e. The maximum atomic E-state index is 5.71. The molecular formula is C7H18N2. The van der Waals surface area contributed by atoms with Crippen molar-refractivity contribution in [2.24, 2.45) is 11.5 Å². The van der Waals surface area contributed by atoms with Crippen molar-refractivity contribution in [1.82, 2.24) is 0 Å². The second-order valence-corrected chi connectivity index (χ2v) is 2.48. The third-order valence-corrected chi connectivity index (χ3v) is 1.44. The standard InChI is InChI=1S/C7H18N2/c1-2-4-7(9)5-3-6-8/h7H,2-6,8-9H2,1H3/t7-/m0/s1. The van der Waals surface area contributed by atoms with Crippen LogP contribution in [0.25, 0.3) is 0 Å². The zero-order valence-electron chi connectivity index (χ0n) is 6.27. The second-order valence-electron chi connectivity index (χ2n) is 2.48. The summed E-state index contributed by atoms with van der Waals surface area (Å²) in [6.45, 7) is 2.93. The molecule has 0 saturated carbocycles. The van der Waals surface area contributed by atoms with E-state index < -0.39 is 0 Å². The van der Waals surface area contributed by atoms with Gasteiger partial charge < -0.3 is 11.5 Å². The van der Waals surface area contributed by atoms with Gasteiger partial charge in [-0.1, -0.05) is 13.3 Å². The van der Waals surface area contributed by atoms with Gasteiger partial charge in [-0.15, -0.1) is 0 Å². The van der Waals surface area contributed by atoms with Gasteiger partial charge in [-0.3, -0.25) is 0 Å². The van der Waals surface area contributed by atoms with Crippen molar-refractivity contribution in [3.05, 3.63) is 0 Å². The fourth-order valence-corrected chi connectivity index (χ4v) is 0.895. The van der Waals surface area contributed by atoms with Gasteiger partial charge in [0, 0.05) is 6.04 Å². The third kappa shape index (κ3) is 5.80. The van der Waals surface area contributed by atoms with Crippen molar-refractivity contribution in [3.63, 3.8) is 0 Å². The van der Waals surface area contributed by atoms with E-state index in [1.54, 1.807) is 0 Å². The average Bonchev–Trinajstić information content (AvgIpc) is 1.85. The number of hydrogen-bond acceptors (Lipinski definition) is 2. The third-order valence-electron chi connectivity index (χ3n) is 1.44. The van der Waals surface area contributed by atoms with E-state index in [4.69, 9.17) is 11.5 Å². The molecule has 2 nitrogen and oxygen atoms in total. The fourth-order valence-electron chi connectivity index (χ4n) is 0.895. The van der Waals surface area contributed by atoms with Gasteiger partial charge in [-0.05, 0) is 25.8 Å². The van der Waals surface area contributed by atoms with E-state index in [-0.39, 0.29) is 0 Å². The molecule has 0 aromatic heterocycles. The van der Waals surface area contributed by atoms with Crippen molar-refractivity contribution in [2.75, 3.05) is 6.54 Å². The Morgan fingerprint density at radius 3 is 2.44 bits per heavy atom. The Morgan fingerprint density at radius 1 is 1.33 bits per heavy atom. The highest BCUT2D eigenvalue weighted by atomic mass is 14.6. The quantitative estimate of drug-likeness (QED) is 0.579. The Hall–Kier alpha value is -0.0800. The highest BCUT2D eigenvalue weighted by Gasteiger charge is 1.97. The predicted octanol–water partition coefficient (Wildman–Crippen LogP) is 0.853. The summed E-state index contributed by atoms with van der Waals surface area (Å²) in [6.07, 6.45) is 4.48. The Bertz CT molecular complexity index is 54.9. The highest BCUT2D eigenvalue weighted by Crippen LogP contribution is 1.99. The molecule has 56 valence electrons. The van der Waals surface area contributed by atoms with Gasteiger partial charge in [0.25, 0.3) is 0 Å². The summed E-state index contributed by atoms with van der Waals surface area (Å²) in [5.41, 5.74) is 11.0. The van der Waals surface area contributed by atoms with Gasteiger partial charge in [0.1, 0.15) is 0 Å². The summed E-state index contributed by atoms with van der Waals surface area (Å²) in [5, 5.41) is 0. The normalized spacial score (nSPS) is 13.7. The lowest BCUT2D eigenvalue weighted by Gasteiger charge is -2.07. The first-order chi connectivity index (χ1) is 4.31. The van der Waals surface area contributed by atoms with Crippen LogP contribution < -0.4 is 11.5 Å². The Kier molecular flexibility index (Phi) is 5.99. The zero-order chi connectivity index (χ0) is 7.11. The molecule has 0 amide bonds. The molecule has 4 N–H and O–H groups in total. The molecular weight excluding hydrogens is 112 g/mol. The van der Waals surface area contributed by atoms with E-state index >= 15 is 0 Å². The minimum Gasteiger partial charge on any atom is -0.330 e. The van der Waals surface area contributed by atoms with Crippen LogP contribution in [-0.4, -0.2) is 12.6 Å². The SMILES string of the molecule is CCC[C@H](N)CCCN. The van der Waals surface area contributed by atoms with E-state index in [1.165, 1.54) is 6.42 Å². The number of rotatable bonds is 5. The molecule has 0 aromatic rings. The highest BCUT2D eigenvalue weighted by molar-refractivity contribution is 4.59. The molecule has 2 heteroatoms. The molecule has 0 saturated heterocycles. The van der Waals surface area contributed by atoms with E-state index in [2.05, 4.69) is 6.92 Å². The lowest BCUT2D eigenvalue weighted by Crippen LogP contribution is -2.20. The molecule has 0 aliphatic carbocycles. The minimum absolute atomic E-state index is 0.388. The average molecular weight is 130 g/mol. The lowest BCUT2D eigenvalue weighted by atomic mass is 10.1. The van der Waals surface area contributed by atoms with Crippen LogP contribution in [0.5, 0.6) is 0 Å². The van der Waals surface area contributed by atoms with Crippen molar-refractivity contribution >= 4 is 0 Å². The van der Waals surface area contributed by atoms with Crippen molar-refractivity contribution in [3.8, 4) is 0 Å². The van der Waals surface area contributed by atoms with Crippen LogP contribution in [0.1, 0.15) is 32.6 Å². The van der Waals surface area contributed by atoms with Crippen LogP contribution in [-0.2, 0) is 0 Å². The summed E-state index contributed by atoms with van der Waals surface area (Å²) in [7, 11) is 0. The van der Waals surface area contributed by atoms with Crippen LogP contribution >= 0.6 is 0 Å². The molecule has 9 heavy (non-hydrogen) atoms. The van der Waals surface area contributed by atoms with Gasteiger partial charge >= 0.3 is 0 Å². The fraction of sp³-hybridized carbons (Fsp3) is 1.00. The molecule has 0 unspecified atom stereocenters. The molecule has 0 aliphatic heterocycles.